The number of carbonyl (C=O) groups is 1. The molecule has 0 aromatic heterocycles. The number of anilines is 1. The maximum absolute atomic E-state index is 12.1. The molecule has 1 saturated carbocycles. The lowest BCUT2D eigenvalue weighted by atomic mass is 10.0. The maximum atomic E-state index is 12.1. The number of hydrogen-bond donors (Lipinski definition) is 2. The second kappa shape index (κ2) is 5.70. The summed E-state index contributed by atoms with van der Waals surface area (Å²) in [5.41, 5.74) is 1.86. The van der Waals surface area contributed by atoms with E-state index in [4.69, 9.17) is 5.11 Å². The van der Waals surface area contributed by atoms with E-state index in [2.05, 4.69) is 10.1 Å². The molecule has 0 spiro atoms. The van der Waals surface area contributed by atoms with Gasteiger partial charge in [-0.25, -0.2) is 4.79 Å². The highest BCUT2D eigenvalue weighted by molar-refractivity contribution is 5.83. The summed E-state index contributed by atoms with van der Waals surface area (Å²) < 4.78 is 40.9. The van der Waals surface area contributed by atoms with Crippen LogP contribution in [0.3, 0.4) is 0 Å². The van der Waals surface area contributed by atoms with Gasteiger partial charge >= 0.3 is 12.3 Å². The number of halogens is 3. The van der Waals surface area contributed by atoms with Crippen molar-refractivity contribution in [1.29, 1.82) is 0 Å². The van der Waals surface area contributed by atoms with E-state index in [1.807, 2.05) is 0 Å². The lowest BCUT2D eigenvalue weighted by Crippen LogP contribution is -2.17. The SMILES string of the molecule is O=C(O)Nc1ccc(C2CC2)c(COCC(F)(F)F)c1. The summed E-state index contributed by atoms with van der Waals surface area (Å²) in [6, 6.07) is 4.88. The molecule has 1 aromatic rings. The van der Waals surface area contributed by atoms with Crippen molar-refractivity contribution in [3.63, 3.8) is 0 Å². The van der Waals surface area contributed by atoms with Gasteiger partial charge in [-0.05, 0) is 42.0 Å². The van der Waals surface area contributed by atoms with Crippen LogP contribution >= 0.6 is 0 Å². The zero-order valence-electron chi connectivity index (χ0n) is 10.5. The van der Waals surface area contributed by atoms with Crippen molar-refractivity contribution >= 4 is 11.8 Å². The van der Waals surface area contributed by atoms with E-state index in [0.717, 1.165) is 18.4 Å². The molecule has 0 heterocycles. The van der Waals surface area contributed by atoms with Crippen LogP contribution in [-0.2, 0) is 11.3 Å². The van der Waals surface area contributed by atoms with Gasteiger partial charge in [-0.2, -0.15) is 13.2 Å². The Bertz CT molecular complexity index is 498. The van der Waals surface area contributed by atoms with E-state index >= 15 is 0 Å². The van der Waals surface area contributed by atoms with Gasteiger partial charge in [0.15, 0.2) is 0 Å². The largest absolute Gasteiger partial charge is 0.465 e. The first-order valence-electron chi connectivity index (χ1n) is 6.12. The van der Waals surface area contributed by atoms with Crippen LogP contribution in [-0.4, -0.2) is 24.0 Å². The number of rotatable bonds is 5. The molecule has 1 fully saturated rings. The molecule has 0 saturated heterocycles. The molecule has 4 nitrogen and oxygen atoms in total. The fraction of sp³-hybridized carbons (Fsp3) is 0.462. The summed E-state index contributed by atoms with van der Waals surface area (Å²) in [4.78, 5) is 10.6. The Morgan fingerprint density at radius 3 is 2.65 bits per heavy atom. The summed E-state index contributed by atoms with van der Waals surface area (Å²) in [5, 5.41) is 10.8. The average molecular weight is 289 g/mol. The standard InChI is InChI=1S/C13H14F3NO3/c14-13(15,16)7-20-6-9-5-10(17-12(18)19)3-4-11(9)8-1-2-8/h3-5,8,17H,1-2,6-7H2,(H,18,19). The van der Waals surface area contributed by atoms with Crippen molar-refractivity contribution in [2.45, 2.75) is 31.5 Å². The zero-order valence-corrected chi connectivity index (χ0v) is 10.5. The van der Waals surface area contributed by atoms with Crippen molar-refractivity contribution in [3.05, 3.63) is 29.3 Å². The Hall–Kier alpha value is -1.76. The molecule has 0 unspecified atom stereocenters. The van der Waals surface area contributed by atoms with Gasteiger partial charge in [0.2, 0.25) is 0 Å². The number of ether oxygens (including phenoxy) is 1. The predicted molar refractivity (Wildman–Crippen MR) is 65.8 cm³/mol. The Balaban J connectivity index is 2.08. The molecule has 0 aliphatic heterocycles. The maximum Gasteiger partial charge on any atom is 0.411 e. The Morgan fingerprint density at radius 2 is 2.10 bits per heavy atom. The van der Waals surface area contributed by atoms with Crippen LogP contribution in [0.15, 0.2) is 18.2 Å². The second-order valence-electron chi connectivity index (χ2n) is 4.73. The average Bonchev–Trinajstić information content (AvgIpc) is 3.10. The molecule has 7 heteroatoms. The molecule has 1 aromatic carbocycles. The predicted octanol–water partition coefficient (Wildman–Crippen LogP) is 3.73. The molecule has 0 bridgehead atoms. The molecule has 110 valence electrons. The van der Waals surface area contributed by atoms with E-state index in [0.29, 0.717) is 17.2 Å². The highest BCUT2D eigenvalue weighted by Crippen LogP contribution is 2.42. The van der Waals surface area contributed by atoms with Crippen LogP contribution in [0.25, 0.3) is 0 Å². The Kier molecular flexibility index (Phi) is 4.17. The van der Waals surface area contributed by atoms with E-state index in [9.17, 15) is 18.0 Å². The fourth-order valence-electron chi connectivity index (χ4n) is 2.00. The monoisotopic (exact) mass is 289 g/mol. The van der Waals surface area contributed by atoms with Crippen molar-refractivity contribution < 1.29 is 27.8 Å². The number of alkyl halides is 3. The van der Waals surface area contributed by atoms with Crippen LogP contribution in [0.1, 0.15) is 29.9 Å². The molecule has 1 aliphatic rings. The van der Waals surface area contributed by atoms with Crippen molar-refractivity contribution in [3.8, 4) is 0 Å². The van der Waals surface area contributed by atoms with Gasteiger partial charge in [-0.3, -0.25) is 5.32 Å². The van der Waals surface area contributed by atoms with E-state index < -0.39 is 18.9 Å². The number of carboxylic acid groups (broad SMARTS) is 1. The van der Waals surface area contributed by atoms with Crippen LogP contribution < -0.4 is 5.32 Å². The first-order chi connectivity index (χ1) is 9.35. The molecule has 0 radical (unpaired) electrons. The lowest BCUT2D eigenvalue weighted by molar-refractivity contribution is -0.176. The van der Waals surface area contributed by atoms with Gasteiger partial charge in [0.25, 0.3) is 0 Å². The smallest absolute Gasteiger partial charge is 0.411 e. The van der Waals surface area contributed by atoms with Gasteiger partial charge in [-0.15, -0.1) is 0 Å². The topological polar surface area (TPSA) is 58.6 Å². The Labute approximate surface area is 113 Å². The van der Waals surface area contributed by atoms with Gasteiger partial charge < -0.3 is 9.84 Å². The van der Waals surface area contributed by atoms with E-state index in [1.54, 1.807) is 12.1 Å². The highest BCUT2D eigenvalue weighted by atomic mass is 19.4. The fourth-order valence-corrected chi connectivity index (χ4v) is 2.00. The molecule has 1 aliphatic carbocycles. The minimum Gasteiger partial charge on any atom is -0.465 e. The van der Waals surface area contributed by atoms with Crippen LogP contribution in [0.5, 0.6) is 0 Å². The molecule has 1 amide bonds. The number of benzene rings is 1. The van der Waals surface area contributed by atoms with Gasteiger partial charge in [0.1, 0.15) is 6.61 Å². The Morgan fingerprint density at radius 1 is 1.40 bits per heavy atom. The summed E-state index contributed by atoms with van der Waals surface area (Å²) in [6.07, 6.45) is -3.58. The lowest BCUT2D eigenvalue weighted by Gasteiger charge is -2.13. The molecular formula is C13H14F3NO3. The van der Waals surface area contributed by atoms with Gasteiger partial charge in [-0.1, -0.05) is 6.07 Å². The molecule has 2 N–H and O–H groups in total. The molecular weight excluding hydrogens is 275 g/mol. The molecule has 0 atom stereocenters. The second-order valence-corrected chi connectivity index (χ2v) is 4.73. The third kappa shape index (κ3) is 4.41. The van der Waals surface area contributed by atoms with Gasteiger partial charge in [0.05, 0.1) is 6.61 Å². The van der Waals surface area contributed by atoms with Crippen molar-refractivity contribution in [1.82, 2.24) is 0 Å². The van der Waals surface area contributed by atoms with Crippen LogP contribution in [0, 0.1) is 0 Å². The minimum absolute atomic E-state index is 0.180. The summed E-state index contributed by atoms with van der Waals surface area (Å²) in [7, 11) is 0. The highest BCUT2D eigenvalue weighted by Gasteiger charge is 2.29. The molecule has 2 rings (SSSR count). The first-order valence-corrected chi connectivity index (χ1v) is 6.12. The van der Waals surface area contributed by atoms with Gasteiger partial charge in [0, 0.05) is 5.69 Å². The van der Waals surface area contributed by atoms with E-state index in [1.165, 1.54) is 6.07 Å². The first kappa shape index (κ1) is 14.6. The number of hydrogen-bond acceptors (Lipinski definition) is 2. The van der Waals surface area contributed by atoms with Crippen LogP contribution in [0.2, 0.25) is 0 Å². The number of nitrogens with one attached hydrogen (secondary N) is 1. The summed E-state index contributed by atoms with van der Waals surface area (Å²) in [5.74, 6) is 0.346. The zero-order chi connectivity index (χ0) is 14.8. The third-order valence-corrected chi connectivity index (χ3v) is 2.93. The minimum atomic E-state index is -4.36. The van der Waals surface area contributed by atoms with Crippen molar-refractivity contribution in [2.24, 2.45) is 0 Å². The van der Waals surface area contributed by atoms with Crippen LogP contribution in [0.4, 0.5) is 23.7 Å². The summed E-state index contributed by atoms with van der Waals surface area (Å²) in [6.45, 7) is -1.49. The molecule has 20 heavy (non-hydrogen) atoms. The quantitative estimate of drug-likeness (QED) is 0.868. The normalized spacial score (nSPS) is 15.2. The number of amides is 1. The van der Waals surface area contributed by atoms with Crippen molar-refractivity contribution in [2.75, 3.05) is 11.9 Å². The van der Waals surface area contributed by atoms with E-state index in [-0.39, 0.29) is 6.61 Å². The summed E-state index contributed by atoms with van der Waals surface area (Å²) >= 11 is 0. The third-order valence-electron chi connectivity index (χ3n) is 2.93.